The number of hydrogen-bond acceptors (Lipinski definition) is 1. The van der Waals surface area contributed by atoms with Crippen LogP contribution in [0.2, 0.25) is 0 Å². The highest BCUT2D eigenvalue weighted by atomic mass is 16.4. The number of benzene rings is 1. The van der Waals surface area contributed by atoms with Crippen LogP contribution < -0.4 is 0 Å². The first kappa shape index (κ1) is 17.2. The third-order valence-corrected chi connectivity index (χ3v) is 4.24. The van der Waals surface area contributed by atoms with Crippen molar-refractivity contribution in [1.29, 1.82) is 0 Å². The fourth-order valence-corrected chi connectivity index (χ4v) is 2.59. The number of carboxylic acid groups (broad SMARTS) is 1. The molecule has 1 aromatic carbocycles. The molecular weight excluding hydrogens is 260 g/mol. The lowest BCUT2D eigenvalue weighted by Gasteiger charge is -2.32. The van der Waals surface area contributed by atoms with Crippen LogP contribution in [0.5, 0.6) is 0 Å². The monoisotopic (exact) mass is 286 g/mol. The Balaban J connectivity index is 3.01. The summed E-state index contributed by atoms with van der Waals surface area (Å²) in [5.74, 6) is -1.36. The van der Waals surface area contributed by atoms with E-state index in [2.05, 4.69) is 26.5 Å². The first-order valence-corrected chi connectivity index (χ1v) is 7.51. The molecule has 2 nitrogen and oxygen atoms in total. The maximum absolute atomic E-state index is 11.8. The molecule has 0 aliphatic heterocycles. The van der Waals surface area contributed by atoms with Gasteiger partial charge in [0.1, 0.15) is 0 Å². The van der Waals surface area contributed by atoms with Gasteiger partial charge in [0.15, 0.2) is 0 Å². The van der Waals surface area contributed by atoms with E-state index in [9.17, 15) is 9.90 Å². The average Bonchev–Trinajstić information content (AvgIpc) is 2.47. The quantitative estimate of drug-likeness (QED) is 0.668. The predicted octanol–water partition coefficient (Wildman–Crippen LogP) is 5.18. The molecule has 0 spiro atoms. The van der Waals surface area contributed by atoms with Crippen LogP contribution in [0.15, 0.2) is 54.6 Å². The first-order valence-electron chi connectivity index (χ1n) is 7.51. The van der Waals surface area contributed by atoms with Crippen LogP contribution in [0.3, 0.4) is 0 Å². The van der Waals surface area contributed by atoms with E-state index in [0.717, 1.165) is 24.8 Å². The molecular formula is C19H26O2. The molecule has 21 heavy (non-hydrogen) atoms. The topological polar surface area (TPSA) is 37.3 Å². The molecule has 0 aliphatic rings. The van der Waals surface area contributed by atoms with Crippen molar-refractivity contribution in [3.05, 3.63) is 60.2 Å². The van der Waals surface area contributed by atoms with Gasteiger partial charge in [-0.3, -0.25) is 4.79 Å². The maximum atomic E-state index is 11.8. The second-order valence-electron chi connectivity index (χ2n) is 5.83. The van der Waals surface area contributed by atoms with E-state index in [-0.39, 0.29) is 0 Å². The van der Waals surface area contributed by atoms with E-state index in [1.165, 1.54) is 5.57 Å². The van der Waals surface area contributed by atoms with E-state index in [4.69, 9.17) is 0 Å². The molecule has 0 radical (unpaired) electrons. The number of aliphatic carboxylic acids is 1. The van der Waals surface area contributed by atoms with Gasteiger partial charge in [-0.1, -0.05) is 61.9 Å². The van der Waals surface area contributed by atoms with Crippen molar-refractivity contribution in [2.75, 3.05) is 0 Å². The van der Waals surface area contributed by atoms with Crippen molar-refractivity contribution < 1.29 is 9.90 Å². The van der Waals surface area contributed by atoms with E-state index in [1.807, 2.05) is 37.3 Å². The number of hydrogen-bond donors (Lipinski definition) is 1. The molecule has 114 valence electrons. The molecule has 0 heterocycles. The molecule has 0 saturated carbocycles. The molecule has 2 atom stereocenters. The van der Waals surface area contributed by atoms with Crippen LogP contribution >= 0.6 is 0 Å². The largest absolute Gasteiger partial charge is 0.481 e. The van der Waals surface area contributed by atoms with Gasteiger partial charge in [0, 0.05) is 5.41 Å². The zero-order chi connectivity index (χ0) is 15.9. The maximum Gasteiger partial charge on any atom is 0.311 e. The molecule has 0 aliphatic carbocycles. The van der Waals surface area contributed by atoms with Gasteiger partial charge >= 0.3 is 5.97 Å². The van der Waals surface area contributed by atoms with Crippen LogP contribution in [-0.2, 0) is 4.79 Å². The molecule has 0 aromatic heterocycles. The molecule has 1 aromatic rings. The summed E-state index contributed by atoms with van der Waals surface area (Å²) in [7, 11) is 0. The summed E-state index contributed by atoms with van der Waals surface area (Å²) in [6, 6.07) is 9.44. The number of carbonyl (C=O) groups is 1. The minimum absolute atomic E-state index is 0.461. The zero-order valence-corrected chi connectivity index (χ0v) is 13.3. The summed E-state index contributed by atoms with van der Waals surface area (Å²) in [6.07, 6.45) is 6.68. The van der Waals surface area contributed by atoms with E-state index >= 15 is 0 Å². The Labute approximate surface area is 128 Å². The Kier molecular flexibility index (Phi) is 6.41. The first-order chi connectivity index (χ1) is 9.94. The molecule has 0 amide bonds. The standard InChI is InChI=1S/C19H26O2/c1-5-15(3)11-10-14-19(4,6-2)17(18(20)21)16-12-8-7-9-13-16/h6-9,11-13,17H,2,5,10,14H2,1,3-4H3,(H,20,21)/b15-11-. The smallest absolute Gasteiger partial charge is 0.311 e. The van der Waals surface area contributed by atoms with Crippen molar-refractivity contribution in [3.8, 4) is 0 Å². The number of carboxylic acids is 1. The van der Waals surface area contributed by atoms with Crippen LogP contribution in [0.25, 0.3) is 0 Å². The van der Waals surface area contributed by atoms with Gasteiger partial charge in [0.2, 0.25) is 0 Å². The highest BCUT2D eigenvalue weighted by Crippen LogP contribution is 2.41. The SMILES string of the molecule is C=CC(C)(CC/C=C(/C)CC)C(C(=O)O)c1ccccc1. The fourth-order valence-electron chi connectivity index (χ4n) is 2.59. The van der Waals surface area contributed by atoms with Gasteiger partial charge in [-0.2, -0.15) is 0 Å². The molecule has 1 N–H and O–H groups in total. The minimum atomic E-state index is -0.792. The van der Waals surface area contributed by atoms with Gasteiger partial charge < -0.3 is 5.11 Å². The van der Waals surface area contributed by atoms with Gasteiger partial charge in [0.05, 0.1) is 5.92 Å². The summed E-state index contributed by atoms with van der Waals surface area (Å²) in [4.78, 5) is 11.8. The summed E-state index contributed by atoms with van der Waals surface area (Å²) in [5, 5.41) is 9.68. The Bertz CT molecular complexity index is 502. The van der Waals surface area contributed by atoms with E-state index in [1.54, 1.807) is 6.08 Å². The van der Waals surface area contributed by atoms with Crippen molar-refractivity contribution in [2.24, 2.45) is 5.41 Å². The summed E-state index contributed by atoms with van der Waals surface area (Å²) < 4.78 is 0. The van der Waals surface area contributed by atoms with E-state index in [0.29, 0.717) is 0 Å². The fraction of sp³-hybridized carbons (Fsp3) is 0.421. The average molecular weight is 286 g/mol. The zero-order valence-electron chi connectivity index (χ0n) is 13.3. The van der Waals surface area contributed by atoms with Crippen LogP contribution in [0.4, 0.5) is 0 Å². The molecule has 1 rings (SSSR count). The second-order valence-corrected chi connectivity index (χ2v) is 5.83. The van der Waals surface area contributed by atoms with Crippen molar-refractivity contribution in [2.45, 2.75) is 46.0 Å². The number of allylic oxidation sites excluding steroid dienone is 3. The van der Waals surface area contributed by atoms with Crippen molar-refractivity contribution in [3.63, 3.8) is 0 Å². The molecule has 2 heteroatoms. The van der Waals surface area contributed by atoms with Gasteiger partial charge in [-0.05, 0) is 31.7 Å². The van der Waals surface area contributed by atoms with Crippen molar-refractivity contribution in [1.82, 2.24) is 0 Å². The van der Waals surface area contributed by atoms with E-state index < -0.39 is 17.3 Å². The lowest BCUT2D eigenvalue weighted by Crippen LogP contribution is -2.29. The summed E-state index contributed by atoms with van der Waals surface area (Å²) in [6.45, 7) is 10.1. The van der Waals surface area contributed by atoms with Crippen molar-refractivity contribution >= 4 is 5.97 Å². The van der Waals surface area contributed by atoms with Gasteiger partial charge in [0.25, 0.3) is 0 Å². The summed E-state index contributed by atoms with van der Waals surface area (Å²) >= 11 is 0. The highest BCUT2D eigenvalue weighted by molar-refractivity contribution is 5.77. The Morgan fingerprint density at radius 1 is 1.38 bits per heavy atom. The predicted molar refractivity (Wildman–Crippen MR) is 88.4 cm³/mol. The Hall–Kier alpha value is -1.83. The number of rotatable bonds is 8. The molecule has 0 bridgehead atoms. The molecule has 0 saturated heterocycles. The van der Waals surface area contributed by atoms with Gasteiger partial charge in [-0.25, -0.2) is 0 Å². The van der Waals surface area contributed by atoms with Crippen LogP contribution in [-0.4, -0.2) is 11.1 Å². The Morgan fingerprint density at radius 3 is 2.48 bits per heavy atom. The van der Waals surface area contributed by atoms with Gasteiger partial charge in [-0.15, -0.1) is 6.58 Å². The lowest BCUT2D eigenvalue weighted by atomic mass is 9.70. The third kappa shape index (κ3) is 4.59. The minimum Gasteiger partial charge on any atom is -0.481 e. The second kappa shape index (κ2) is 7.82. The van der Waals surface area contributed by atoms with Crippen LogP contribution in [0, 0.1) is 5.41 Å². The lowest BCUT2D eigenvalue weighted by molar-refractivity contribution is -0.141. The Morgan fingerprint density at radius 2 is 2.00 bits per heavy atom. The molecule has 0 fully saturated rings. The summed E-state index contributed by atoms with van der Waals surface area (Å²) in [5.41, 5.74) is 1.72. The molecule has 2 unspecified atom stereocenters. The third-order valence-electron chi connectivity index (χ3n) is 4.24. The highest BCUT2D eigenvalue weighted by Gasteiger charge is 2.37. The van der Waals surface area contributed by atoms with Crippen LogP contribution in [0.1, 0.15) is 51.5 Å². The normalized spacial score (nSPS) is 16.0.